The van der Waals surface area contributed by atoms with Crippen LogP contribution in [0.5, 0.6) is 11.5 Å². The number of aromatic hydroxyl groups is 1. The van der Waals surface area contributed by atoms with Gasteiger partial charge in [0.25, 0.3) is 5.91 Å². The lowest BCUT2D eigenvalue weighted by molar-refractivity contribution is -0.117. The number of ketones is 1. The van der Waals surface area contributed by atoms with Crippen molar-refractivity contribution in [2.45, 2.75) is 23.1 Å². The van der Waals surface area contributed by atoms with Gasteiger partial charge in [-0.3, -0.25) is 14.5 Å². The van der Waals surface area contributed by atoms with E-state index in [0.717, 1.165) is 16.9 Å². The van der Waals surface area contributed by atoms with E-state index in [1.807, 2.05) is 30.3 Å². The summed E-state index contributed by atoms with van der Waals surface area (Å²) < 4.78 is 20.1. The van der Waals surface area contributed by atoms with Gasteiger partial charge >= 0.3 is 0 Å². The molecule has 1 aromatic heterocycles. The summed E-state index contributed by atoms with van der Waals surface area (Å²) in [6.45, 7) is 2.03. The Morgan fingerprint density at radius 1 is 1.10 bits per heavy atom. The van der Waals surface area contributed by atoms with Crippen LogP contribution in [-0.2, 0) is 15.3 Å². The molecule has 0 saturated heterocycles. The summed E-state index contributed by atoms with van der Waals surface area (Å²) in [5.74, 6) is -2.09. The largest absolute Gasteiger partial charge is 0.504 e. The van der Waals surface area contributed by atoms with Crippen LogP contribution in [0.1, 0.15) is 29.7 Å². The van der Waals surface area contributed by atoms with Crippen molar-refractivity contribution < 1.29 is 28.9 Å². The number of hydrogen-bond donors (Lipinski definition) is 2. The third-order valence-corrected chi connectivity index (χ3v) is 8.32. The van der Waals surface area contributed by atoms with Crippen molar-refractivity contribution in [3.63, 3.8) is 0 Å². The Morgan fingerprint density at radius 2 is 1.85 bits per heavy atom. The maximum atomic E-state index is 14.1. The predicted molar refractivity (Wildman–Crippen MR) is 156 cm³/mol. The number of rotatable bonds is 10. The number of aliphatic hydroxyl groups excluding tert-OH is 1. The van der Waals surface area contributed by atoms with E-state index in [1.54, 1.807) is 37.3 Å². The lowest BCUT2D eigenvalue weighted by Crippen LogP contribution is -2.30. The standard InChI is InChI=1S/C30H24FN3O5S2/c1-2-39-24-16-19(13-15-22(24)35)26-25(23(36)14-12-18-8-4-3-5-9-18)27(37)28(38)34(26)29-32-33-30(41-29)40-17-20-10-6-7-11-21(20)31/h3-16,26,35,37H,2,17H2,1H3. The fourth-order valence-corrected chi connectivity index (χ4v) is 6.13. The van der Waals surface area contributed by atoms with Crippen molar-refractivity contribution in [2.24, 2.45) is 0 Å². The van der Waals surface area contributed by atoms with E-state index in [-0.39, 0.29) is 34.6 Å². The molecule has 0 aliphatic carbocycles. The summed E-state index contributed by atoms with van der Waals surface area (Å²) in [5, 5.41) is 29.7. The highest BCUT2D eigenvalue weighted by atomic mass is 32.2. The van der Waals surface area contributed by atoms with Crippen LogP contribution in [-0.4, -0.2) is 38.7 Å². The molecular formula is C30H24FN3O5S2. The summed E-state index contributed by atoms with van der Waals surface area (Å²) in [5.41, 5.74) is 1.53. The number of phenols is 1. The topological polar surface area (TPSA) is 113 Å². The number of nitrogens with zero attached hydrogens (tertiary/aromatic N) is 3. The van der Waals surface area contributed by atoms with E-state index in [4.69, 9.17) is 4.74 Å². The van der Waals surface area contributed by atoms with Crippen molar-refractivity contribution >= 4 is 46.0 Å². The van der Waals surface area contributed by atoms with Crippen molar-refractivity contribution in [3.05, 3.63) is 113 Å². The van der Waals surface area contributed by atoms with Crippen LogP contribution in [0.15, 0.2) is 94.5 Å². The van der Waals surface area contributed by atoms with Crippen LogP contribution in [0.2, 0.25) is 0 Å². The number of hydrogen-bond acceptors (Lipinski definition) is 9. The quantitative estimate of drug-likeness (QED) is 0.127. The molecule has 208 valence electrons. The molecule has 0 bridgehead atoms. The second kappa shape index (κ2) is 12.4. The fourth-order valence-electron chi connectivity index (χ4n) is 4.28. The molecule has 0 fully saturated rings. The fraction of sp³-hybridized carbons (Fsp3) is 0.133. The average molecular weight is 590 g/mol. The number of thioether (sulfide) groups is 1. The monoisotopic (exact) mass is 589 g/mol. The zero-order valence-electron chi connectivity index (χ0n) is 21.7. The first-order valence-corrected chi connectivity index (χ1v) is 14.4. The van der Waals surface area contributed by atoms with E-state index in [9.17, 15) is 24.2 Å². The number of ether oxygens (including phenoxy) is 1. The molecule has 1 aliphatic rings. The lowest BCUT2D eigenvalue weighted by atomic mass is 9.95. The molecule has 1 aliphatic heterocycles. The maximum Gasteiger partial charge on any atom is 0.296 e. The van der Waals surface area contributed by atoms with Gasteiger partial charge in [-0.05, 0) is 47.9 Å². The van der Waals surface area contributed by atoms with E-state index in [2.05, 4.69) is 10.2 Å². The summed E-state index contributed by atoms with van der Waals surface area (Å²) in [7, 11) is 0. The maximum absolute atomic E-state index is 14.1. The zero-order chi connectivity index (χ0) is 28.9. The van der Waals surface area contributed by atoms with Gasteiger partial charge in [0, 0.05) is 5.75 Å². The molecule has 0 saturated carbocycles. The first-order chi connectivity index (χ1) is 19.9. The van der Waals surface area contributed by atoms with Gasteiger partial charge in [-0.1, -0.05) is 83.8 Å². The second-order valence-electron chi connectivity index (χ2n) is 8.84. The Labute approximate surface area is 243 Å². The SMILES string of the molecule is CCOc1cc(C2C(C(=O)C=Cc3ccccc3)=C(O)C(=O)N2c2nnc(SCc3ccccc3F)s2)ccc1O. The molecule has 3 aromatic carbocycles. The number of halogens is 1. The second-order valence-corrected chi connectivity index (χ2v) is 11.0. The van der Waals surface area contributed by atoms with Crippen LogP contribution < -0.4 is 9.64 Å². The third-order valence-electron chi connectivity index (χ3n) is 6.21. The normalized spacial score (nSPS) is 15.2. The molecule has 1 amide bonds. The van der Waals surface area contributed by atoms with Crippen molar-refractivity contribution in [1.29, 1.82) is 0 Å². The Morgan fingerprint density at radius 3 is 2.61 bits per heavy atom. The predicted octanol–water partition coefficient (Wildman–Crippen LogP) is 6.26. The van der Waals surface area contributed by atoms with Gasteiger partial charge in [-0.15, -0.1) is 10.2 Å². The van der Waals surface area contributed by atoms with Crippen molar-refractivity contribution in [1.82, 2.24) is 10.2 Å². The summed E-state index contributed by atoms with van der Waals surface area (Å²) >= 11 is 2.33. The third kappa shape index (κ3) is 6.01. The number of amides is 1. The van der Waals surface area contributed by atoms with E-state index >= 15 is 0 Å². The number of phenolic OH excluding ortho intramolecular Hbond substituents is 1. The molecule has 8 nitrogen and oxygen atoms in total. The minimum absolute atomic E-state index is 0.112. The minimum Gasteiger partial charge on any atom is -0.504 e. The molecule has 2 heterocycles. The molecule has 2 N–H and O–H groups in total. The molecule has 11 heteroatoms. The lowest BCUT2D eigenvalue weighted by Gasteiger charge is -2.24. The highest BCUT2D eigenvalue weighted by Crippen LogP contribution is 2.45. The zero-order valence-corrected chi connectivity index (χ0v) is 23.4. The molecule has 0 spiro atoms. The van der Waals surface area contributed by atoms with Gasteiger partial charge in [0.2, 0.25) is 5.13 Å². The first kappa shape index (κ1) is 28.1. The average Bonchev–Trinajstić information content (AvgIpc) is 3.55. The highest BCUT2D eigenvalue weighted by Gasteiger charge is 2.45. The first-order valence-electron chi connectivity index (χ1n) is 12.6. The molecular weight excluding hydrogens is 565 g/mol. The number of anilines is 1. The number of benzene rings is 3. The van der Waals surface area contributed by atoms with Gasteiger partial charge < -0.3 is 14.9 Å². The molecule has 1 unspecified atom stereocenters. The Kier molecular flexibility index (Phi) is 8.46. The number of aliphatic hydroxyl groups is 1. The van der Waals surface area contributed by atoms with Crippen LogP contribution in [0.3, 0.4) is 0 Å². The van der Waals surface area contributed by atoms with Crippen LogP contribution >= 0.6 is 23.1 Å². The molecule has 5 rings (SSSR count). The van der Waals surface area contributed by atoms with Crippen LogP contribution in [0.4, 0.5) is 9.52 Å². The highest BCUT2D eigenvalue weighted by molar-refractivity contribution is 8.00. The number of allylic oxidation sites excluding steroid dienone is 1. The number of carbonyl (C=O) groups excluding carboxylic acids is 2. The molecule has 4 aromatic rings. The van der Waals surface area contributed by atoms with Gasteiger partial charge in [0.05, 0.1) is 18.2 Å². The molecule has 0 radical (unpaired) electrons. The number of carbonyl (C=O) groups is 2. The summed E-state index contributed by atoms with van der Waals surface area (Å²) in [6.07, 6.45) is 2.89. The summed E-state index contributed by atoms with van der Waals surface area (Å²) in [6, 6.07) is 18.9. The van der Waals surface area contributed by atoms with Crippen molar-refractivity contribution in [2.75, 3.05) is 11.5 Å². The summed E-state index contributed by atoms with van der Waals surface area (Å²) in [4.78, 5) is 28.1. The van der Waals surface area contributed by atoms with Gasteiger partial charge in [0.15, 0.2) is 27.4 Å². The van der Waals surface area contributed by atoms with Crippen molar-refractivity contribution in [3.8, 4) is 11.5 Å². The van der Waals surface area contributed by atoms with E-state index < -0.39 is 23.5 Å². The van der Waals surface area contributed by atoms with Crippen LogP contribution in [0.25, 0.3) is 6.08 Å². The van der Waals surface area contributed by atoms with E-state index in [1.165, 1.54) is 40.9 Å². The van der Waals surface area contributed by atoms with Crippen LogP contribution in [0, 0.1) is 5.82 Å². The smallest absolute Gasteiger partial charge is 0.296 e. The van der Waals surface area contributed by atoms with Gasteiger partial charge in [-0.25, -0.2) is 4.39 Å². The van der Waals surface area contributed by atoms with Gasteiger partial charge in [0.1, 0.15) is 5.82 Å². The Balaban J connectivity index is 1.50. The minimum atomic E-state index is -1.08. The van der Waals surface area contributed by atoms with E-state index in [0.29, 0.717) is 21.2 Å². The Hall–Kier alpha value is -4.48. The van der Waals surface area contributed by atoms with Gasteiger partial charge in [-0.2, -0.15) is 0 Å². The molecule has 1 atom stereocenters. The molecule has 41 heavy (non-hydrogen) atoms. The number of aromatic nitrogens is 2. The Bertz CT molecular complexity index is 1650.